The Morgan fingerprint density at radius 1 is 0.355 bits per heavy atom. The average molecular weight is 1070 g/mol. The van der Waals surface area contributed by atoms with Crippen molar-refractivity contribution in [3.8, 4) is 0 Å². The van der Waals surface area contributed by atoms with Gasteiger partial charge in [-0.05, 0) is 57.8 Å². The molecule has 450 valence electrons. The summed E-state index contributed by atoms with van der Waals surface area (Å²) in [4.78, 5) is 24.6. The molecular weight excluding hydrogens is 935 g/mol. The summed E-state index contributed by atoms with van der Waals surface area (Å²) in [6, 6.07) is -0.633. The molecule has 76 heavy (non-hydrogen) atoms. The van der Waals surface area contributed by atoms with Crippen molar-refractivity contribution in [3.05, 3.63) is 24.3 Å². The van der Waals surface area contributed by atoms with Crippen molar-refractivity contribution in [2.24, 2.45) is 0 Å². The van der Waals surface area contributed by atoms with Crippen LogP contribution in [0.25, 0.3) is 0 Å². The first-order valence-corrected chi connectivity index (χ1v) is 34.6. The zero-order valence-corrected chi connectivity index (χ0v) is 51.5. The molecule has 0 aromatic rings. The number of carbonyl (C=O) groups excluding carboxylic acids is 2. The molecule has 6 heteroatoms. The molecule has 0 aliphatic carbocycles. The number of allylic oxidation sites excluding steroid dienone is 3. The second-order valence-electron chi connectivity index (χ2n) is 23.9. The van der Waals surface area contributed by atoms with Gasteiger partial charge in [-0.1, -0.05) is 340 Å². The molecule has 0 aliphatic rings. The molecular formula is C70H135NO5. The normalized spacial score (nSPS) is 12.6. The highest BCUT2D eigenvalue weighted by Gasteiger charge is 2.18. The van der Waals surface area contributed by atoms with Gasteiger partial charge in [0.05, 0.1) is 25.4 Å². The third-order valence-corrected chi connectivity index (χ3v) is 16.2. The van der Waals surface area contributed by atoms with Crippen LogP contribution in [0, 0.1) is 0 Å². The summed E-state index contributed by atoms with van der Waals surface area (Å²) in [7, 11) is 0. The molecule has 0 aromatic heterocycles. The second kappa shape index (κ2) is 65.9. The molecule has 0 bridgehead atoms. The number of aliphatic hydroxyl groups excluding tert-OH is 2. The van der Waals surface area contributed by atoms with E-state index < -0.39 is 12.1 Å². The number of amides is 1. The molecule has 3 N–H and O–H groups in total. The lowest BCUT2D eigenvalue weighted by atomic mass is 10.0. The molecule has 0 heterocycles. The van der Waals surface area contributed by atoms with Gasteiger partial charge in [0.1, 0.15) is 0 Å². The molecule has 0 fully saturated rings. The van der Waals surface area contributed by atoms with E-state index in [0.29, 0.717) is 19.4 Å². The number of rotatable bonds is 65. The average Bonchev–Trinajstić information content (AvgIpc) is 3.42. The van der Waals surface area contributed by atoms with E-state index in [1.54, 1.807) is 6.08 Å². The lowest BCUT2D eigenvalue weighted by Gasteiger charge is -2.20. The minimum atomic E-state index is -0.849. The SMILES string of the molecule is CCCCCCCCCCCCCCCCCC/C=C/C(O)C(CO)NC(=O)CCCCCCCCC/C=C\CCCCCCCCCCCCCOC(=O)CCCCCCCCCCCCCCCCCCCCC. The maximum Gasteiger partial charge on any atom is 0.305 e. The summed E-state index contributed by atoms with van der Waals surface area (Å²) in [5, 5.41) is 23.2. The minimum Gasteiger partial charge on any atom is -0.466 e. The van der Waals surface area contributed by atoms with Crippen LogP contribution in [0.2, 0.25) is 0 Å². The van der Waals surface area contributed by atoms with Gasteiger partial charge in [0.2, 0.25) is 5.91 Å². The number of unbranched alkanes of at least 4 members (excludes halogenated alkanes) is 52. The summed E-state index contributed by atoms with van der Waals surface area (Å²) in [5.41, 5.74) is 0. The fraction of sp³-hybridized carbons (Fsp3) is 0.914. The van der Waals surface area contributed by atoms with Crippen molar-refractivity contribution in [2.75, 3.05) is 13.2 Å². The van der Waals surface area contributed by atoms with E-state index in [1.807, 2.05) is 6.08 Å². The van der Waals surface area contributed by atoms with Crippen LogP contribution >= 0.6 is 0 Å². The Labute approximate surface area is 475 Å². The second-order valence-corrected chi connectivity index (χ2v) is 23.9. The zero-order valence-electron chi connectivity index (χ0n) is 51.5. The predicted octanol–water partition coefficient (Wildman–Crippen LogP) is 22.1. The molecule has 0 saturated heterocycles. The summed E-state index contributed by atoms with van der Waals surface area (Å²) in [5.74, 6) is -0.0569. The topological polar surface area (TPSA) is 95.9 Å². The van der Waals surface area contributed by atoms with Crippen LogP contribution in [0.15, 0.2) is 24.3 Å². The van der Waals surface area contributed by atoms with Gasteiger partial charge in [0.25, 0.3) is 0 Å². The molecule has 0 spiro atoms. The summed E-state index contributed by atoms with van der Waals surface area (Å²) < 4.78 is 5.51. The van der Waals surface area contributed by atoms with Crippen molar-refractivity contribution in [2.45, 2.75) is 398 Å². The van der Waals surface area contributed by atoms with E-state index in [4.69, 9.17) is 4.74 Å². The number of esters is 1. The van der Waals surface area contributed by atoms with Gasteiger partial charge in [-0.25, -0.2) is 0 Å². The van der Waals surface area contributed by atoms with E-state index >= 15 is 0 Å². The molecule has 0 rings (SSSR count). The summed E-state index contributed by atoms with van der Waals surface area (Å²) >= 11 is 0. The Hall–Kier alpha value is -1.66. The molecule has 0 radical (unpaired) electrons. The van der Waals surface area contributed by atoms with Gasteiger partial charge in [0.15, 0.2) is 0 Å². The van der Waals surface area contributed by atoms with Gasteiger partial charge in [-0.3, -0.25) is 9.59 Å². The first-order chi connectivity index (χ1) is 37.5. The molecule has 0 aliphatic heterocycles. The maximum absolute atomic E-state index is 12.5. The number of hydrogen-bond acceptors (Lipinski definition) is 5. The van der Waals surface area contributed by atoms with Gasteiger partial charge >= 0.3 is 5.97 Å². The van der Waals surface area contributed by atoms with Crippen LogP contribution in [-0.4, -0.2) is 47.4 Å². The van der Waals surface area contributed by atoms with Crippen LogP contribution in [0.5, 0.6) is 0 Å². The quantitative estimate of drug-likeness (QED) is 0.0320. The van der Waals surface area contributed by atoms with E-state index in [-0.39, 0.29) is 18.5 Å². The first kappa shape index (κ1) is 74.3. The molecule has 2 unspecified atom stereocenters. The molecule has 6 nitrogen and oxygen atoms in total. The fourth-order valence-electron chi connectivity index (χ4n) is 10.9. The van der Waals surface area contributed by atoms with Crippen molar-refractivity contribution < 1.29 is 24.5 Å². The summed E-state index contributed by atoms with van der Waals surface area (Å²) in [6.45, 7) is 4.94. The summed E-state index contributed by atoms with van der Waals surface area (Å²) in [6.07, 6.45) is 82.4. The molecule has 0 saturated carbocycles. The predicted molar refractivity (Wildman–Crippen MR) is 333 cm³/mol. The number of aliphatic hydroxyl groups is 2. The fourth-order valence-corrected chi connectivity index (χ4v) is 10.9. The van der Waals surface area contributed by atoms with Crippen LogP contribution in [-0.2, 0) is 14.3 Å². The Morgan fingerprint density at radius 3 is 0.934 bits per heavy atom. The molecule has 0 aromatic carbocycles. The number of nitrogens with one attached hydrogen (secondary N) is 1. The number of ether oxygens (including phenoxy) is 1. The Morgan fingerprint density at radius 2 is 0.618 bits per heavy atom. The van der Waals surface area contributed by atoms with Crippen LogP contribution in [0.4, 0.5) is 0 Å². The Balaban J connectivity index is 3.41. The number of hydrogen-bond donors (Lipinski definition) is 3. The first-order valence-electron chi connectivity index (χ1n) is 34.6. The molecule has 1 amide bonds. The van der Waals surface area contributed by atoms with Crippen molar-refractivity contribution >= 4 is 11.9 Å². The van der Waals surface area contributed by atoms with Gasteiger partial charge in [-0.2, -0.15) is 0 Å². The third-order valence-electron chi connectivity index (χ3n) is 16.2. The minimum absolute atomic E-state index is 0.0149. The Bertz CT molecular complexity index is 1190. The Kier molecular flexibility index (Phi) is 64.4. The lowest BCUT2D eigenvalue weighted by molar-refractivity contribution is -0.143. The van der Waals surface area contributed by atoms with Crippen molar-refractivity contribution in [1.29, 1.82) is 0 Å². The zero-order chi connectivity index (χ0) is 55.0. The lowest BCUT2D eigenvalue weighted by Crippen LogP contribution is -2.45. The highest BCUT2D eigenvalue weighted by Crippen LogP contribution is 2.18. The third kappa shape index (κ3) is 61.6. The molecule has 2 atom stereocenters. The van der Waals surface area contributed by atoms with E-state index in [0.717, 1.165) is 44.9 Å². The van der Waals surface area contributed by atoms with Crippen LogP contribution in [0.1, 0.15) is 386 Å². The highest BCUT2D eigenvalue weighted by atomic mass is 16.5. The van der Waals surface area contributed by atoms with Gasteiger partial charge in [-0.15, -0.1) is 0 Å². The smallest absolute Gasteiger partial charge is 0.305 e. The van der Waals surface area contributed by atoms with Crippen molar-refractivity contribution in [1.82, 2.24) is 5.32 Å². The number of carbonyl (C=O) groups is 2. The van der Waals surface area contributed by atoms with Gasteiger partial charge < -0.3 is 20.3 Å². The van der Waals surface area contributed by atoms with E-state index in [1.165, 1.54) is 315 Å². The van der Waals surface area contributed by atoms with Crippen LogP contribution < -0.4 is 5.32 Å². The maximum atomic E-state index is 12.5. The highest BCUT2D eigenvalue weighted by molar-refractivity contribution is 5.76. The van der Waals surface area contributed by atoms with Crippen LogP contribution in [0.3, 0.4) is 0 Å². The standard InChI is InChI=1S/C70H135NO5/c1-3-5-7-9-11-13-15-17-19-21-27-32-36-40-44-48-52-56-60-64-70(75)76-65-61-57-53-49-45-41-37-33-29-26-24-23-25-28-31-35-39-43-47-51-55-59-63-69(74)71-67(66-72)68(73)62-58-54-50-46-42-38-34-30-22-20-18-16-14-12-10-8-6-4-2/h25,28,58,62,67-68,72-73H,3-24,26-27,29-57,59-61,63-66H2,1-2H3,(H,71,74)/b28-25-,62-58+. The van der Waals surface area contributed by atoms with E-state index in [9.17, 15) is 19.8 Å². The monoisotopic (exact) mass is 1070 g/mol. The largest absolute Gasteiger partial charge is 0.466 e. The van der Waals surface area contributed by atoms with E-state index in [2.05, 4.69) is 31.3 Å². The van der Waals surface area contributed by atoms with Crippen molar-refractivity contribution in [3.63, 3.8) is 0 Å². The van der Waals surface area contributed by atoms with Gasteiger partial charge in [0, 0.05) is 12.8 Å².